The first-order valence-electron chi connectivity index (χ1n) is 6.71. The van der Waals surface area contributed by atoms with Gasteiger partial charge >= 0.3 is 0 Å². The van der Waals surface area contributed by atoms with E-state index in [9.17, 15) is 13.6 Å². The molecule has 2 rings (SSSR count). The maximum Gasteiger partial charge on any atom is 0.288 e. The van der Waals surface area contributed by atoms with Gasteiger partial charge in [0.25, 0.3) is 11.7 Å². The van der Waals surface area contributed by atoms with Crippen molar-refractivity contribution in [2.45, 2.75) is 10.7 Å². The van der Waals surface area contributed by atoms with Gasteiger partial charge in [0.2, 0.25) is 0 Å². The predicted molar refractivity (Wildman–Crippen MR) is 92.0 cm³/mol. The number of halogens is 3. The fourth-order valence-electron chi connectivity index (χ4n) is 1.79. The van der Waals surface area contributed by atoms with E-state index >= 15 is 0 Å². The van der Waals surface area contributed by atoms with E-state index in [0.717, 1.165) is 0 Å². The van der Waals surface area contributed by atoms with Crippen LogP contribution in [-0.2, 0) is 4.79 Å². The molecule has 0 radical (unpaired) electrons. The maximum atomic E-state index is 12.3. The van der Waals surface area contributed by atoms with E-state index in [1.165, 1.54) is 30.3 Å². The number of carbonyl (C=O) groups is 1. The number of nitrogens with zero attached hydrogens (tertiary/aromatic N) is 1. The zero-order valence-corrected chi connectivity index (χ0v) is 13.7. The molecule has 122 valence electrons. The maximum absolute atomic E-state index is 12.3. The minimum atomic E-state index is -2.50. The number of nitrogens with one attached hydrogen (secondary N) is 1. The van der Waals surface area contributed by atoms with Crippen molar-refractivity contribution in [1.82, 2.24) is 0 Å². The molecule has 0 unspecified atom stereocenters. The van der Waals surface area contributed by atoms with Gasteiger partial charge in [-0.2, -0.15) is 14.0 Å². The van der Waals surface area contributed by atoms with Gasteiger partial charge in [-0.05, 0) is 48.0 Å². The van der Waals surface area contributed by atoms with Gasteiger partial charge in [-0.3, -0.25) is 4.79 Å². The number of anilines is 1. The Morgan fingerprint density at radius 1 is 1.17 bits per heavy atom. The Labute approximate surface area is 146 Å². The third-order valence-electron chi connectivity index (χ3n) is 2.88. The number of carbonyl (C=O) groups excluding carboxylic acids is 1. The number of alkyl halides is 2. The van der Waals surface area contributed by atoms with Crippen LogP contribution in [0, 0.1) is 11.3 Å². The first-order valence-corrected chi connectivity index (χ1v) is 7.97. The number of nitriles is 1. The van der Waals surface area contributed by atoms with E-state index in [2.05, 4.69) is 5.32 Å². The normalized spacial score (nSPS) is 11.2. The minimum Gasteiger partial charge on any atom is -0.321 e. The zero-order chi connectivity index (χ0) is 17.5. The Bertz CT molecular complexity index is 784. The molecule has 0 aliphatic carbocycles. The van der Waals surface area contributed by atoms with Crippen molar-refractivity contribution >= 4 is 41.0 Å². The molecule has 0 fully saturated rings. The van der Waals surface area contributed by atoms with Crippen LogP contribution in [0.3, 0.4) is 0 Å². The lowest BCUT2D eigenvalue weighted by atomic mass is 10.1. The molecule has 3 nitrogen and oxygen atoms in total. The Morgan fingerprint density at radius 3 is 2.33 bits per heavy atom. The summed E-state index contributed by atoms with van der Waals surface area (Å²) in [5.74, 6) is -3.08. The van der Waals surface area contributed by atoms with Crippen molar-refractivity contribution in [2.24, 2.45) is 0 Å². The second-order valence-corrected chi connectivity index (χ2v) is 6.08. The van der Waals surface area contributed by atoms with Crippen molar-refractivity contribution in [1.29, 1.82) is 5.26 Å². The van der Waals surface area contributed by atoms with E-state index in [4.69, 9.17) is 16.9 Å². The molecule has 0 aromatic heterocycles. The van der Waals surface area contributed by atoms with E-state index in [1.807, 2.05) is 6.07 Å². The number of rotatable bonds is 5. The molecule has 2 aromatic rings. The number of thioether (sulfide) groups is 1. The van der Waals surface area contributed by atoms with Crippen LogP contribution < -0.4 is 5.32 Å². The lowest BCUT2D eigenvalue weighted by molar-refractivity contribution is -0.112. The topological polar surface area (TPSA) is 52.9 Å². The Hall–Kier alpha value is -2.36. The summed E-state index contributed by atoms with van der Waals surface area (Å²) in [6.07, 6.45) is 1.44. The molecular weight excluding hydrogens is 354 g/mol. The summed E-state index contributed by atoms with van der Waals surface area (Å²) in [5, 5.41) is 12.2. The Balaban J connectivity index is 2.09. The van der Waals surface area contributed by atoms with Crippen molar-refractivity contribution in [3.8, 4) is 6.07 Å². The average Bonchev–Trinajstić information content (AvgIpc) is 2.55. The monoisotopic (exact) mass is 364 g/mol. The van der Waals surface area contributed by atoms with Gasteiger partial charge < -0.3 is 5.32 Å². The molecule has 1 N–H and O–H groups in total. The molecule has 24 heavy (non-hydrogen) atoms. The van der Waals surface area contributed by atoms with Crippen LogP contribution in [0.2, 0.25) is 5.02 Å². The van der Waals surface area contributed by atoms with Gasteiger partial charge in [0.1, 0.15) is 11.6 Å². The van der Waals surface area contributed by atoms with Crippen molar-refractivity contribution in [2.75, 3.05) is 5.32 Å². The Kier molecular flexibility index (Phi) is 6.36. The summed E-state index contributed by atoms with van der Waals surface area (Å²) in [7, 11) is 0. The molecule has 0 saturated carbocycles. The van der Waals surface area contributed by atoms with Crippen molar-refractivity contribution < 1.29 is 13.6 Å². The number of hydrogen-bond donors (Lipinski definition) is 1. The van der Waals surface area contributed by atoms with Crippen LogP contribution in [0.25, 0.3) is 6.08 Å². The van der Waals surface area contributed by atoms with Gasteiger partial charge in [0.15, 0.2) is 0 Å². The largest absolute Gasteiger partial charge is 0.321 e. The first kappa shape index (κ1) is 18.0. The number of amides is 1. The molecule has 0 spiro atoms. The second-order valence-electron chi connectivity index (χ2n) is 4.58. The van der Waals surface area contributed by atoms with Crippen LogP contribution in [0.5, 0.6) is 0 Å². The highest BCUT2D eigenvalue weighted by Gasteiger charge is 2.10. The van der Waals surface area contributed by atoms with Crippen molar-refractivity contribution in [3.05, 3.63) is 64.7 Å². The molecule has 0 bridgehead atoms. The smallest absolute Gasteiger partial charge is 0.288 e. The lowest BCUT2D eigenvalue weighted by Crippen LogP contribution is -2.13. The molecule has 2 aromatic carbocycles. The summed E-state index contributed by atoms with van der Waals surface area (Å²) in [6.45, 7) is 0. The minimum absolute atomic E-state index is 0.0802. The summed E-state index contributed by atoms with van der Waals surface area (Å²) in [4.78, 5) is 12.5. The third-order valence-corrected chi connectivity index (χ3v) is 3.86. The van der Waals surface area contributed by atoms with Gasteiger partial charge in [0.05, 0.1) is 0 Å². The van der Waals surface area contributed by atoms with E-state index < -0.39 is 11.7 Å². The highest BCUT2D eigenvalue weighted by molar-refractivity contribution is 7.99. The van der Waals surface area contributed by atoms with Gasteiger partial charge in [-0.15, -0.1) is 0 Å². The highest BCUT2D eigenvalue weighted by atomic mass is 35.5. The first-order chi connectivity index (χ1) is 11.5. The predicted octanol–water partition coefficient (Wildman–Crippen LogP) is 5.20. The summed E-state index contributed by atoms with van der Waals surface area (Å²) in [5.41, 5.74) is 0.994. The zero-order valence-electron chi connectivity index (χ0n) is 12.2. The van der Waals surface area contributed by atoms with Gasteiger partial charge in [0, 0.05) is 15.6 Å². The second kappa shape index (κ2) is 8.48. The summed E-state index contributed by atoms with van der Waals surface area (Å²) in [6, 6.07) is 14.5. The van der Waals surface area contributed by atoms with Crippen LogP contribution in [0.4, 0.5) is 14.5 Å². The van der Waals surface area contributed by atoms with E-state index in [-0.39, 0.29) is 5.57 Å². The molecule has 0 atom stereocenters. The molecule has 1 amide bonds. The molecule has 0 heterocycles. The van der Waals surface area contributed by atoms with Crippen molar-refractivity contribution in [3.63, 3.8) is 0 Å². The molecule has 0 aliphatic rings. The number of hydrogen-bond acceptors (Lipinski definition) is 3. The van der Waals surface area contributed by atoms with E-state index in [1.54, 1.807) is 24.3 Å². The fourth-order valence-corrected chi connectivity index (χ4v) is 2.42. The standard InChI is InChI=1S/C17H11ClF2N2OS/c18-13-3-1-11(2-4-13)9-12(10-21)16(23)22-14-5-7-15(8-6-14)24-17(19)20/h1-9,17H,(H,22,23)/b12-9+. The SMILES string of the molecule is N#C/C(=C\c1ccc(Cl)cc1)C(=O)Nc1ccc(SC(F)F)cc1. The van der Waals surface area contributed by atoms with E-state index in [0.29, 0.717) is 32.9 Å². The lowest BCUT2D eigenvalue weighted by Gasteiger charge is -2.06. The van der Waals surface area contributed by atoms with Crippen LogP contribution in [-0.4, -0.2) is 11.7 Å². The highest BCUT2D eigenvalue weighted by Crippen LogP contribution is 2.26. The van der Waals surface area contributed by atoms with Gasteiger partial charge in [-0.1, -0.05) is 35.5 Å². The van der Waals surface area contributed by atoms with Crippen LogP contribution >= 0.6 is 23.4 Å². The third kappa shape index (κ3) is 5.37. The van der Waals surface area contributed by atoms with Crippen LogP contribution in [0.15, 0.2) is 59.0 Å². The molecule has 0 aliphatic heterocycles. The van der Waals surface area contributed by atoms with Crippen LogP contribution in [0.1, 0.15) is 5.56 Å². The molecule has 7 heteroatoms. The number of benzene rings is 2. The molecular formula is C17H11ClF2N2OS. The average molecular weight is 365 g/mol. The Morgan fingerprint density at radius 2 is 1.79 bits per heavy atom. The summed E-state index contributed by atoms with van der Waals surface area (Å²) >= 11 is 6.20. The van der Waals surface area contributed by atoms with Gasteiger partial charge in [-0.25, -0.2) is 0 Å². The fraction of sp³-hybridized carbons (Fsp3) is 0.0588. The summed E-state index contributed by atoms with van der Waals surface area (Å²) < 4.78 is 24.5. The molecule has 0 saturated heterocycles. The quantitative estimate of drug-likeness (QED) is 0.450.